The summed E-state index contributed by atoms with van der Waals surface area (Å²) in [7, 11) is 31.7. The van der Waals surface area contributed by atoms with Crippen molar-refractivity contribution in [3.8, 4) is 68.8 Å². The van der Waals surface area contributed by atoms with Crippen LogP contribution >= 0.6 is 0 Å². The molecule has 16 aromatic rings. The van der Waals surface area contributed by atoms with Crippen LogP contribution in [0.15, 0.2) is 341 Å². The van der Waals surface area contributed by atoms with Gasteiger partial charge in [0.2, 0.25) is 40.9 Å². The average molecular weight is 1720 g/mol. The van der Waals surface area contributed by atoms with Crippen LogP contribution in [0.2, 0.25) is 0 Å². The highest BCUT2D eigenvalue weighted by Crippen LogP contribution is 2.42. The molecule has 0 spiro atoms. The van der Waals surface area contributed by atoms with E-state index in [9.17, 15) is 0 Å². The molecule has 0 N–H and O–H groups in total. The predicted molar refractivity (Wildman–Crippen MR) is 511 cm³/mol. The van der Waals surface area contributed by atoms with E-state index < -0.39 is 0 Å². The van der Waals surface area contributed by atoms with Crippen molar-refractivity contribution in [2.45, 2.75) is 72.6 Å². The number of benzene rings is 5. The molecular formula is C106H126N23+11. The molecule has 0 radical (unpaired) electrons. The van der Waals surface area contributed by atoms with Crippen LogP contribution in [0.3, 0.4) is 0 Å². The number of aromatic nitrogens is 15. The molecule has 0 aliphatic carbocycles. The summed E-state index contributed by atoms with van der Waals surface area (Å²) in [6, 6.07) is 92.2. The molecule has 0 bridgehead atoms. The number of imidazole rings is 2. The molecule has 4 aliphatic rings. The molecule has 5 aromatic carbocycles. The number of para-hydroxylation sites is 6. The number of aryl methyl sites for hydroxylation is 6. The molecule has 4 atom stereocenters. The topological polar surface area (TPSA) is 88.3 Å². The minimum absolute atomic E-state index is 0.266. The van der Waals surface area contributed by atoms with Gasteiger partial charge in [0.15, 0.2) is 49.8 Å². The third-order valence-electron chi connectivity index (χ3n) is 26.1. The fourth-order valence-electron chi connectivity index (χ4n) is 18.3. The molecule has 0 fully saturated rings. The number of nitrogens with zero attached hydrogens (tertiary/aromatic N) is 23. The van der Waals surface area contributed by atoms with Gasteiger partial charge in [-0.1, -0.05) is 96.0 Å². The summed E-state index contributed by atoms with van der Waals surface area (Å²) < 4.78 is 33.2. The van der Waals surface area contributed by atoms with E-state index in [1.54, 1.807) is 0 Å². The van der Waals surface area contributed by atoms with Crippen LogP contribution in [0.25, 0.3) is 90.8 Å². The molecule has 23 nitrogen and oxygen atoms in total. The minimum atomic E-state index is 0.266. The standard InChI is InChI=1S/C26H30N3.C25H27N5.C21H25N5.C19H23N5.C15H21N5/c1-19(2)18-20-10-8-12-22-21(20)15-16-26(28(22)4)25-14-9-13-24(29(25)5)23-11-6-7-17-27(23)3;1-19-26(2)17-18-29(19)24-16-10-15-23(27(24)3)25-28(4)21-13-8-9-14-22(21)30(25)20-11-6-5-7-12-20;1-17-22(2)13-15-25(17)20-12-8-11-19(24(20)4)21-23(3)14-16-26(21)18-9-6-5-7-10-18;1-15-21(3)16-9-5-6-10-17(16)24(15)19-12-7-11-18(22(19)4)23-14-8-13-20(23)2;1-13-16(2)11-12-19(13)14-7-5-8-15(18(14)4)20-10-6-9-17(20)3/h6-17,19H,18H2,1-5H3;5-19H,1-4H3;5-17H,1-4H3;5-15H,1-4H3;5-13H,1-4H3/q+3;4*+2/t;19-;17-;15-;13-/m.0000/s1. The van der Waals surface area contributed by atoms with E-state index in [4.69, 9.17) is 0 Å². The van der Waals surface area contributed by atoms with E-state index >= 15 is 0 Å². The Bertz CT molecular complexity index is 6830. The number of anilines is 6. The summed E-state index contributed by atoms with van der Waals surface area (Å²) in [5.41, 5.74) is 17.0. The molecule has 0 unspecified atom stereocenters. The Kier molecular flexibility index (Phi) is 25.4. The highest BCUT2D eigenvalue weighted by atomic mass is 15.5. The van der Waals surface area contributed by atoms with E-state index in [0.29, 0.717) is 18.2 Å². The van der Waals surface area contributed by atoms with Crippen LogP contribution in [0, 0.1) is 5.92 Å². The Morgan fingerprint density at radius 2 is 0.744 bits per heavy atom. The predicted octanol–water partition coefficient (Wildman–Crippen LogP) is 12.5. The smallest absolute Gasteiger partial charge is 0.335 e. The summed E-state index contributed by atoms with van der Waals surface area (Å²) in [6.45, 7) is 13.4. The number of pyridine rings is 7. The molecule has 654 valence electrons. The van der Waals surface area contributed by atoms with Gasteiger partial charge in [-0.05, 0) is 158 Å². The molecular weight excluding hydrogens is 1600 g/mol. The van der Waals surface area contributed by atoms with E-state index in [2.05, 4.69) is 552 Å². The molecule has 4 aliphatic heterocycles. The van der Waals surface area contributed by atoms with Gasteiger partial charge in [-0.2, -0.15) is 22.8 Å². The first-order valence-electron chi connectivity index (χ1n) is 44.5. The van der Waals surface area contributed by atoms with Gasteiger partial charge in [0, 0.05) is 137 Å². The van der Waals surface area contributed by atoms with Crippen LogP contribution in [0.1, 0.15) is 47.1 Å². The summed E-state index contributed by atoms with van der Waals surface area (Å²) in [4.78, 5) is 18.2. The Morgan fingerprint density at radius 1 is 0.302 bits per heavy atom. The van der Waals surface area contributed by atoms with Gasteiger partial charge in [-0.25, -0.2) is 47.0 Å². The average Bonchev–Trinajstić information content (AvgIpc) is 1.56. The highest BCUT2D eigenvalue weighted by Gasteiger charge is 2.40. The van der Waals surface area contributed by atoms with Crippen LogP contribution in [-0.2, 0) is 83.9 Å². The third kappa shape index (κ3) is 16.9. The lowest BCUT2D eigenvalue weighted by Crippen LogP contribution is -2.48. The summed E-state index contributed by atoms with van der Waals surface area (Å²) in [5, 5.41) is 1.35. The number of hydrogen-bond acceptors (Lipinski definition) is 8. The first-order chi connectivity index (χ1) is 62.3. The van der Waals surface area contributed by atoms with Gasteiger partial charge in [0.25, 0.3) is 46.0 Å². The SMILES string of the molecule is CC(C)Cc1cccc2c1ccc(-c1cccc(-c3cccc[n+]3C)[n+]1C)[n+]2C.C[C@H]1N(C)C=CN1c1cccc(-c2n(-c3ccccc3)c3ccccc3[n+]2C)[n+]1C.C[C@H]1N(C)C=CN1c1cccc(-c2n(-c3ccccc3)cc[n+]2C)[n+]1C.C[C@H]1N(C)C=CN1c1cccc(-n2ccc[n+]2C)[n+]1C.C[C@H]1N(C)c2ccccc2N1c1cccc(-n2ccc[n+]2C)[n+]1C. The van der Waals surface area contributed by atoms with Crippen molar-refractivity contribution in [1.82, 2.24) is 33.2 Å². The molecule has 23 heteroatoms. The van der Waals surface area contributed by atoms with Crippen molar-refractivity contribution in [2.75, 3.05) is 52.7 Å². The Hall–Kier alpha value is -14.9. The normalized spacial score (nSPS) is 15.5. The lowest BCUT2D eigenvalue weighted by Gasteiger charge is -2.24. The molecule has 129 heavy (non-hydrogen) atoms. The summed E-state index contributed by atoms with van der Waals surface area (Å²) in [5.74, 6) is 9.86. The van der Waals surface area contributed by atoms with Crippen molar-refractivity contribution in [1.29, 1.82) is 0 Å². The van der Waals surface area contributed by atoms with Crippen molar-refractivity contribution < 1.29 is 50.5 Å². The number of hydrogen-bond donors (Lipinski definition) is 0. The van der Waals surface area contributed by atoms with Gasteiger partial charge in [0.05, 0.1) is 54.2 Å². The molecule has 0 saturated heterocycles. The molecule has 11 aromatic heterocycles. The Morgan fingerprint density at radius 3 is 1.29 bits per heavy atom. The van der Waals surface area contributed by atoms with E-state index in [1.807, 2.05) is 44.7 Å². The largest absolute Gasteiger partial charge is 0.346 e. The third-order valence-corrected chi connectivity index (χ3v) is 26.1. The zero-order valence-electron chi connectivity index (χ0n) is 78.7. The van der Waals surface area contributed by atoms with E-state index in [-0.39, 0.29) is 12.3 Å². The molecule has 0 amide bonds. The fraction of sp³-hybridized carbons (Fsp3) is 0.255. The number of rotatable bonds is 14. The fourth-order valence-corrected chi connectivity index (χ4v) is 18.3. The van der Waals surface area contributed by atoms with Crippen LogP contribution in [0.4, 0.5) is 34.6 Å². The first-order valence-corrected chi connectivity index (χ1v) is 44.5. The van der Waals surface area contributed by atoms with Gasteiger partial charge in [-0.15, -0.1) is 0 Å². The molecule has 0 saturated carbocycles. The maximum atomic E-state index is 2.39. The van der Waals surface area contributed by atoms with E-state index in [1.165, 1.54) is 73.3 Å². The quantitative estimate of drug-likeness (QED) is 0.0995. The van der Waals surface area contributed by atoms with Gasteiger partial charge < -0.3 is 19.6 Å². The maximum Gasteiger partial charge on any atom is 0.335 e. The van der Waals surface area contributed by atoms with Crippen LogP contribution in [-0.4, -0.2) is 86.1 Å². The van der Waals surface area contributed by atoms with Gasteiger partial charge in [-0.3, -0.25) is 0 Å². The van der Waals surface area contributed by atoms with Crippen LogP contribution in [0.5, 0.6) is 0 Å². The van der Waals surface area contributed by atoms with Crippen molar-refractivity contribution in [2.24, 2.45) is 83.4 Å². The Balaban J connectivity index is 0.000000119. The number of fused-ring (bicyclic) bond motifs is 3. The van der Waals surface area contributed by atoms with Crippen LogP contribution < -0.4 is 75.0 Å². The minimum Gasteiger partial charge on any atom is -0.346 e. The zero-order valence-corrected chi connectivity index (χ0v) is 78.7. The molecule has 20 rings (SSSR count). The maximum absolute atomic E-state index is 2.39. The first kappa shape index (κ1) is 87.6. The lowest BCUT2D eigenvalue weighted by atomic mass is 9.98. The highest BCUT2D eigenvalue weighted by molar-refractivity contribution is 5.83. The van der Waals surface area contributed by atoms with Crippen molar-refractivity contribution in [3.05, 3.63) is 347 Å². The second-order valence-electron chi connectivity index (χ2n) is 34.4. The van der Waals surface area contributed by atoms with E-state index in [0.717, 1.165) is 64.1 Å². The lowest BCUT2D eigenvalue weighted by molar-refractivity contribution is -0.763. The van der Waals surface area contributed by atoms with Crippen molar-refractivity contribution in [3.63, 3.8) is 0 Å². The summed E-state index contributed by atoms with van der Waals surface area (Å²) >= 11 is 0. The monoisotopic (exact) mass is 1720 g/mol. The second kappa shape index (κ2) is 37.4. The van der Waals surface area contributed by atoms with Gasteiger partial charge in [0.1, 0.15) is 81.6 Å². The zero-order chi connectivity index (χ0) is 90.7. The second-order valence-corrected chi connectivity index (χ2v) is 34.4. The van der Waals surface area contributed by atoms with Gasteiger partial charge >= 0.3 is 11.6 Å². The molecule has 15 heterocycles. The summed E-state index contributed by atoms with van der Waals surface area (Å²) in [6.07, 6.45) is 29.6. The Labute approximate surface area is 760 Å². The van der Waals surface area contributed by atoms with Crippen molar-refractivity contribution >= 4 is 56.6 Å².